The molecule has 2 rings (SSSR count). The minimum absolute atomic E-state index is 0.00566. The van der Waals surface area contributed by atoms with Crippen molar-refractivity contribution in [2.45, 2.75) is 25.0 Å². The second-order valence-corrected chi connectivity index (χ2v) is 5.19. The molecule has 1 heterocycles. The summed E-state index contributed by atoms with van der Waals surface area (Å²) in [6.07, 6.45) is 0.933. The molecule has 7 heteroatoms. The summed E-state index contributed by atoms with van der Waals surface area (Å²) in [5.74, 6) is 0.334. The van der Waals surface area contributed by atoms with Gasteiger partial charge in [-0.2, -0.15) is 0 Å². The molecule has 20 heavy (non-hydrogen) atoms. The predicted molar refractivity (Wildman–Crippen MR) is 77.4 cm³/mol. The van der Waals surface area contributed by atoms with Crippen molar-refractivity contribution in [3.05, 3.63) is 35.9 Å². The number of nitrogens with one attached hydrogen (secondary N) is 1. The average molecular weight is 291 g/mol. The number of benzene rings is 1. The third kappa shape index (κ3) is 4.34. The molecule has 0 atom stereocenters. The van der Waals surface area contributed by atoms with Crippen LogP contribution in [0.5, 0.6) is 0 Å². The van der Waals surface area contributed by atoms with E-state index in [4.69, 9.17) is 0 Å². The number of hydrogen-bond acceptors (Lipinski definition) is 5. The number of amides is 1. The summed E-state index contributed by atoms with van der Waals surface area (Å²) >= 11 is 1.35. The van der Waals surface area contributed by atoms with E-state index in [0.717, 1.165) is 12.0 Å². The Morgan fingerprint density at radius 3 is 2.90 bits per heavy atom. The van der Waals surface area contributed by atoms with Crippen molar-refractivity contribution in [2.24, 2.45) is 0 Å². The van der Waals surface area contributed by atoms with Crippen molar-refractivity contribution in [3.63, 3.8) is 0 Å². The quantitative estimate of drug-likeness (QED) is 0.779. The maximum absolute atomic E-state index is 11.6. The van der Waals surface area contributed by atoms with Gasteiger partial charge in [-0.05, 0) is 22.4 Å². The molecule has 0 aliphatic carbocycles. The molecule has 6 nitrogen and oxygen atoms in total. The molecule has 0 bridgehead atoms. The fraction of sp³-hybridized carbons (Fsp3) is 0.385. The molecule has 1 amide bonds. The maximum atomic E-state index is 11.6. The van der Waals surface area contributed by atoms with Gasteiger partial charge in [-0.1, -0.05) is 49.0 Å². The highest BCUT2D eigenvalue weighted by atomic mass is 32.2. The lowest BCUT2D eigenvalue weighted by Crippen LogP contribution is -2.25. The molecule has 106 valence electrons. The third-order valence-electron chi connectivity index (χ3n) is 2.58. The summed E-state index contributed by atoms with van der Waals surface area (Å²) in [5.41, 5.74) is 1.12. The summed E-state index contributed by atoms with van der Waals surface area (Å²) < 4.78 is 1.70. The summed E-state index contributed by atoms with van der Waals surface area (Å²) in [6.45, 7) is 3.33. The Morgan fingerprint density at radius 1 is 1.35 bits per heavy atom. The van der Waals surface area contributed by atoms with E-state index in [9.17, 15) is 4.79 Å². The molecule has 0 aliphatic heterocycles. The van der Waals surface area contributed by atoms with Crippen LogP contribution in [0.3, 0.4) is 0 Å². The Bertz CT molecular complexity index is 543. The summed E-state index contributed by atoms with van der Waals surface area (Å²) in [7, 11) is 0. The van der Waals surface area contributed by atoms with E-state index < -0.39 is 0 Å². The van der Waals surface area contributed by atoms with Gasteiger partial charge in [-0.3, -0.25) is 4.79 Å². The topological polar surface area (TPSA) is 72.7 Å². The van der Waals surface area contributed by atoms with Crippen molar-refractivity contribution in [2.75, 3.05) is 12.3 Å². The molecule has 0 spiro atoms. The van der Waals surface area contributed by atoms with Crippen LogP contribution in [0.15, 0.2) is 35.5 Å². The lowest BCUT2D eigenvalue weighted by Gasteiger charge is -2.05. The molecule has 0 fully saturated rings. The van der Waals surface area contributed by atoms with Gasteiger partial charge in [0, 0.05) is 6.54 Å². The van der Waals surface area contributed by atoms with Crippen molar-refractivity contribution in [1.82, 2.24) is 25.5 Å². The molecule has 0 saturated carbocycles. The number of carbonyl (C=O) groups excluding carboxylic acids is 1. The zero-order valence-electron chi connectivity index (χ0n) is 11.3. The van der Waals surface area contributed by atoms with Crippen molar-refractivity contribution < 1.29 is 4.79 Å². The van der Waals surface area contributed by atoms with Gasteiger partial charge in [0.15, 0.2) is 0 Å². The van der Waals surface area contributed by atoms with Crippen LogP contribution < -0.4 is 5.32 Å². The molecule has 0 saturated heterocycles. The highest BCUT2D eigenvalue weighted by Gasteiger charge is 2.09. The SMILES string of the molecule is CCCNC(=O)CSc1nnnn1Cc1ccccc1. The van der Waals surface area contributed by atoms with Crippen LogP contribution in [0.1, 0.15) is 18.9 Å². The molecule has 2 aromatic rings. The first-order valence-electron chi connectivity index (χ1n) is 6.49. The smallest absolute Gasteiger partial charge is 0.230 e. The van der Waals surface area contributed by atoms with Crippen molar-refractivity contribution in [3.8, 4) is 0 Å². The first kappa shape index (κ1) is 14.5. The van der Waals surface area contributed by atoms with E-state index in [1.165, 1.54) is 11.8 Å². The Hall–Kier alpha value is -1.89. The van der Waals surface area contributed by atoms with Gasteiger partial charge in [-0.15, -0.1) is 5.10 Å². The van der Waals surface area contributed by atoms with Crippen molar-refractivity contribution in [1.29, 1.82) is 0 Å². The minimum atomic E-state index is 0.00566. The maximum Gasteiger partial charge on any atom is 0.230 e. The van der Waals surface area contributed by atoms with Gasteiger partial charge in [-0.25, -0.2) is 4.68 Å². The zero-order valence-corrected chi connectivity index (χ0v) is 12.1. The average Bonchev–Trinajstić information content (AvgIpc) is 2.91. The van der Waals surface area contributed by atoms with E-state index in [1.807, 2.05) is 37.3 Å². The lowest BCUT2D eigenvalue weighted by molar-refractivity contribution is -0.118. The molecule has 0 radical (unpaired) electrons. The molecule has 1 aromatic carbocycles. The number of aromatic nitrogens is 4. The van der Waals surface area contributed by atoms with E-state index in [0.29, 0.717) is 24.0 Å². The predicted octanol–water partition coefficient (Wildman–Crippen LogP) is 1.34. The van der Waals surface area contributed by atoms with Crippen LogP contribution in [-0.4, -0.2) is 38.4 Å². The number of thioether (sulfide) groups is 1. The van der Waals surface area contributed by atoms with Crippen LogP contribution in [0, 0.1) is 0 Å². The van der Waals surface area contributed by atoms with Gasteiger partial charge >= 0.3 is 0 Å². The third-order valence-corrected chi connectivity index (χ3v) is 3.54. The van der Waals surface area contributed by atoms with Gasteiger partial charge in [0.2, 0.25) is 11.1 Å². The molecule has 1 aromatic heterocycles. The zero-order chi connectivity index (χ0) is 14.2. The van der Waals surface area contributed by atoms with Crippen LogP contribution in [-0.2, 0) is 11.3 Å². The second-order valence-electron chi connectivity index (χ2n) is 4.24. The minimum Gasteiger partial charge on any atom is -0.355 e. The number of rotatable bonds is 7. The lowest BCUT2D eigenvalue weighted by atomic mass is 10.2. The van der Waals surface area contributed by atoms with Gasteiger partial charge in [0.05, 0.1) is 12.3 Å². The van der Waals surface area contributed by atoms with Crippen LogP contribution in [0.4, 0.5) is 0 Å². The highest BCUT2D eigenvalue weighted by Crippen LogP contribution is 2.14. The number of carbonyl (C=O) groups is 1. The Kier molecular flexibility index (Phi) is 5.55. The van der Waals surface area contributed by atoms with Crippen LogP contribution >= 0.6 is 11.8 Å². The molecule has 0 unspecified atom stereocenters. The fourth-order valence-electron chi connectivity index (χ4n) is 1.60. The Morgan fingerprint density at radius 2 is 2.15 bits per heavy atom. The standard InChI is InChI=1S/C13H17N5OS/c1-2-8-14-12(19)10-20-13-15-16-17-18(13)9-11-6-4-3-5-7-11/h3-7H,2,8-10H2,1H3,(H,14,19). The van der Waals surface area contributed by atoms with Crippen molar-refractivity contribution >= 4 is 17.7 Å². The molecular weight excluding hydrogens is 274 g/mol. The van der Waals surface area contributed by atoms with E-state index in [2.05, 4.69) is 20.8 Å². The molecule has 1 N–H and O–H groups in total. The molecule has 0 aliphatic rings. The highest BCUT2D eigenvalue weighted by molar-refractivity contribution is 7.99. The van der Waals surface area contributed by atoms with Gasteiger partial charge in [0.1, 0.15) is 0 Å². The summed E-state index contributed by atoms with van der Waals surface area (Å²) in [6, 6.07) is 9.96. The first-order chi connectivity index (χ1) is 9.79. The summed E-state index contributed by atoms with van der Waals surface area (Å²) in [5, 5.41) is 15.1. The number of hydrogen-bond donors (Lipinski definition) is 1. The monoisotopic (exact) mass is 291 g/mol. The number of nitrogens with zero attached hydrogens (tertiary/aromatic N) is 4. The normalized spacial score (nSPS) is 10.4. The van der Waals surface area contributed by atoms with E-state index in [-0.39, 0.29) is 5.91 Å². The first-order valence-corrected chi connectivity index (χ1v) is 7.47. The van der Waals surface area contributed by atoms with E-state index in [1.54, 1.807) is 4.68 Å². The van der Waals surface area contributed by atoms with Gasteiger partial charge in [0.25, 0.3) is 0 Å². The van der Waals surface area contributed by atoms with Crippen LogP contribution in [0.2, 0.25) is 0 Å². The van der Waals surface area contributed by atoms with Crippen LogP contribution in [0.25, 0.3) is 0 Å². The Labute approximate surface area is 121 Å². The molecular formula is C13H17N5OS. The van der Waals surface area contributed by atoms with Gasteiger partial charge < -0.3 is 5.32 Å². The largest absolute Gasteiger partial charge is 0.355 e. The summed E-state index contributed by atoms with van der Waals surface area (Å²) in [4.78, 5) is 11.6. The Balaban J connectivity index is 1.90. The number of tetrazole rings is 1. The van der Waals surface area contributed by atoms with E-state index >= 15 is 0 Å². The fourth-order valence-corrected chi connectivity index (χ4v) is 2.31. The second kappa shape index (κ2) is 7.64.